The SMILES string of the molecule is Cn1nc(Br)c(CN2CCCCc3c(Cl)cccc32)n1. The van der Waals surface area contributed by atoms with Gasteiger partial charge in [0.15, 0.2) is 4.60 Å². The van der Waals surface area contributed by atoms with E-state index in [4.69, 9.17) is 11.6 Å². The zero-order chi connectivity index (χ0) is 14.1. The summed E-state index contributed by atoms with van der Waals surface area (Å²) in [5.74, 6) is 0. The summed E-state index contributed by atoms with van der Waals surface area (Å²) in [4.78, 5) is 3.94. The third kappa shape index (κ3) is 2.69. The second-order valence-electron chi connectivity index (χ2n) is 5.04. The fraction of sp³-hybridized carbons (Fsp3) is 0.429. The van der Waals surface area contributed by atoms with Gasteiger partial charge < -0.3 is 4.90 Å². The van der Waals surface area contributed by atoms with Crippen molar-refractivity contribution in [2.45, 2.75) is 25.8 Å². The first-order valence-electron chi connectivity index (χ1n) is 6.73. The highest BCUT2D eigenvalue weighted by atomic mass is 79.9. The van der Waals surface area contributed by atoms with Crippen molar-refractivity contribution in [2.75, 3.05) is 11.4 Å². The van der Waals surface area contributed by atoms with Crippen LogP contribution < -0.4 is 4.90 Å². The summed E-state index contributed by atoms with van der Waals surface area (Å²) < 4.78 is 0.813. The Bertz CT molecular complexity index is 626. The average molecular weight is 356 g/mol. The number of hydrogen-bond donors (Lipinski definition) is 0. The first-order chi connectivity index (χ1) is 9.65. The van der Waals surface area contributed by atoms with Crippen LogP contribution in [0.5, 0.6) is 0 Å². The number of aromatic nitrogens is 3. The Morgan fingerprint density at radius 3 is 2.90 bits per heavy atom. The van der Waals surface area contributed by atoms with E-state index < -0.39 is 0 Å². The molecule has 1 aliphatic rings. The van der Waals surface area contributed by atoms with E-state index >= 15 is 0 Å². The van der Waals surface area contributed by atoms with E-state index in [1.807, 2.05) is 19.2 Å². The van der Waals surface area contributed by atoms with E-state index in [0.717, 1.165) is 34.8 Å². The number of rotatable bonds is 2. The maximum Gasteiger partial charge on any atom is 0.153 e. The Kier molecular flexibility index (Phi) is 3.98. The molecular weight excluding hydrogens is 340 g/mol. The maximum absolute atomic E-state index is 6.35. The molecule has 20 heavy (non-hydrogen) atoms. The van der Waals surface area contributed by atoms with Crippen LogP contribution in [-0.2, 0) is 20.0 Å². The molecule has 6 heteroatoms. The molecule has 3 rings (SSSR count). The van der Waals surface area contributed by atoms with Gasteiger partial charge in [-0.2, -0.15) is 9.90 Å². The Labute approximate surface area is 131 Å². The normalized spacial score (nSPS) is 15.1. The van der Waals surface area contributed by atoms with Crippen LogP contribution in [0.15, 0.2) is 22.8 Å². The van der Waals surface area contributed by atoms with Crippen molar-refractivity contribution < 1.29 is 0 Å². The Balaban J connectivity index is 1.94. The summed E-state index contributed by atoms with van der Waals surface area (Å²) in [7, 11) is 1.83. The fourth-order valence-electron chi connectivity index (χ4n) is 2.68. The van der Waals surface area contributed by atoms with E-state index in [1.165, 1.54) is 24.1 Å². The second-order valence-corrected chi connectivity index (χ2v) is 6.20. The molecule has 2 heterocycles. The Hall–Kier alpha value is -1.07. The zero-order valence-electron chi connectivity index (χ0n) is 11.3. The average Bonchev–Trinajstić information content (AvgIpc) is 2.61. The van der Waals surface area contributed by atoms with Gasteiger partial charge in [-0.3, -0.25) is 0 Å². The number of halogens is 2. The standard InChI is InChI=1S/C14H16BrClN4/c1-19-17-12(14(15)18-19)9-20-8-3-2-5-10-11(16)6-4-7-13(10)20/h4,6-7H,2-3,5,8-9H2,1H3. The van der Waals surface area contributed by atoms with Crippen LogP contribution in [0, 0.1) is 0 Å². The summed E-state index contributed by atoms with van der Waals surface area (Å²) in [6.07, 6.45) is 3.39. The van der Waals surface area contributed by atoms with Crippen molar-refractivity contribution >= 4 is 33.2 Å². The quantitative estimate of drug-likeness (QED) is 0.826. The van der Waals surface area contributed by atoms with Gasteiger partial charge in [-0.05, 0) is 52.9 Å². The predicted octanol–water partition coefficient (Wildman–Crippen LogP) is 3.57. The number of anilines is 1. The lowest BCUT2D eigenvalue weighted by molar-refractivity contribution is 0.636. The molecule has 0 bridgehead atoms. The van der Waals surface area contributed by atoms with Gasteiger partial charge >= 0.3 is 0 Å². The molecule has 0 amide bonds. The third-order valence-electron chi connectivity index (χ3n) is 3.62. The molecule has 0 N–H and O–H groups in total. The van der Waals surface area contributed by atoms with Crippen molar-refractivity contribution in [3.63, 3.8) is 0 Å². The molecule has 1 aliphatic heterocycles. The van der Waals surface area contributed by atoms with Gasteiger partial charge in [-0.1, -0.05) is 17.7 Å². The largest absolute Gasteiger partial charge is 0.365 e. The van der Waals surface area contributed by atoms with Crippen molar-refractivity contribution in [3.8, 4) is 0 Å². The Morgan fingerprint density at radius 1 is 1.30 bits per heavy atom. The van der Waals surface area contributed by atoms with Gasteiger partial charge in [-0.15, -0.1) is 5.10 Å². The number of hydrogen-bond acceptors (Lipinski definition) is 3. The highest BCUT2D eigenvalue weighted by Gasteiger charge is 2.19. The van der Waals surface area contributed by atoms with Crippen molar-refractivity contribution in [2.24, 2.45) is 7.05 Å². The lowest BCUT2D eigenvalue weighted by Crippen LogP contribution is -2.24. The van der Waals surface area contributed by atoms with Gasteiger partial charge in [0.2, 0.25) is 0 Å². The van der Waals surface area contributed by atoms with E-state index in [0.29, 0.717) is 0 Å². The first-order valence-corrected chi connectivity index (χ1v) is 7.90. The summed E-state index contributed by atoms with van der Waals surface area (Å²) >= 11 is 9.82. The first kappa shape index (κ1) is 13.9. The zero-order valence-corrected chi connectivity index (χ0v) is 13.7. The molecule has 1 aromatic carbocycles. The monoisotopic (exact) mass is 354 g/mol. The van der Waals surface area contributed by atoms with Crippen molar-refractivity contribution in [3.05, 3.63) is 39.1 Å². The van der Waals surface area contributed by atoms with E-state index in [2.05, 4.69) is 37.1 Å². The summed E-state index contributed by atoms with van der Waals surface area (Å²) in [6, 6.07) is 6.14. The molecule has 0 aliphatic carbocycles. The van der Waals surface area contributed by atoms with Crippen LogP contribution >= 0.6 is 27.5 Å². The summed E-state index contributed by atoms with van der Waals surface area (Å²) in [5.41, 5.74) is 3.44. The lowest BCUT2D eigenvalue weighted by Gasteiger charge is -2.24. The topological polar surface area (TPSA) is 34.0 Å². The molecule has 0 unspecified atom stereocenters. The van der Waals surface area contributed by atoms with Crippen LogP contribution in [0.3, 0.4) is 0 Å². The highest BCUT2D eigenvalue weighted by Crippen LogP contribution is 2.33. The molecule has 2 aromatic rings. The fourth-order valence-corrected chi connectivity index (χ4v) is 3.38. The molecule has 0 atom stereocenters. The third-order valence-corrected chi connectivity index (χ3v) is 4.59. The number of nitrogens with zero attached hydrogens (tertiary/aromatic N) is 4. The molecule has 0 fully saturated rings. The van der Waals surface area contributed by atoms with E-state index in [-0.39, 0.29) is 0 Å². The van der Waals surface area contributed by atoms with Crippen molar-refractivity contribution in [1.29, 1.82) is 0 Å². The predicted molar refractivity (Wildman–Crippen MR) is 84.1 cm³/mol. The van der Waals surface area contributed by atoms with Crippen LogP contribution in [0.4, 0.5) is 5.69 Å². The molecule has 0 spiro atoms. The molecule has 0 saturated carbocycles. The van der Waals surface area contributed by atoms with Crippen molar-refractivity contribution in [1.82, 2.24) is 15.0 Å². The minimum absolute atomic E-state index is 0.752. The lowest BCUT2D eigenvalue weighted by atomic mass is 10.1. The van der Waals surface area contributed by atoms with Gasteiger partial charge in [0.25, 0.3) is 0 Å². The minimum atomic E-state index is 0.752. The number of benzene rings is 1. The van der Waals surface area contributed by atoms with Gasteiger partial charge in [0, 0.05) is 24.3 Å². The molecule has 1 aromatic heterocycles. The minimum Gasteiger partial charge on any atom is -0.365 e. The molecule has 106 valence electrons. The maximum atomic E-state index is 6.35. The molecule has 0 saturated heterocycles. The molecular formula is C14H16BrClN4. The smallest absolute Gasteiger partial charge is 0.153 e. The second kappa shape index (κ2) is 5.74. The molecule has 0 radical (unpaired) electrons. The van der Waals surface area contributed by atoms with E-state index in [9.17, 15) is 0 Å². The highest BCUT2D eigenvalue weighted by molar-refractivity contribution is 9.10. The number of fused-ring (bicyclic) bond motifs is 1. The summed E-state index contributed by atoms with van der Waals surface area (Å²) in [5, 5.41) is 9.53. The van der Waals surface area contributed by atoms with Crippen LogP contribution in [0.25, 0.3) is 0 Å². The van der Waals surface area contributed by atoms with Crippen LogP contribution in [0.1, 0.15) is 24.1 Å². The molecule has 4 nitrogen and oxygen atoms in total. The van der Waals surface area contributed by atoms with Gasteiger partial charge in [0.1, 0.15) is 5.69 Å². The van der Waals surface area contributed by atoms with Gasteiger partial charge in [-0.25, -0.2) is 0 Å². The van der Waals surface area contributed by atoms with Gasteiger partial charge in [0.05, 0.1) is 6.54 Å². The van der Waals surface area contributed by atoms with Crippen LogP contribution in [-0.4, -0.2) is 21.5 Å². The summed E-state index contributed by atoms with van der Waals surface area (Å²) in [6.45, 7) is 1.78. The number of aryl methyl sites for hydroxylation is 1. The van der Waals surface area contributed by atoms with Crippen LogP contribution in [0.2, 0.25) is 5.02 Å². The Morgan fingerprint density at radius 2 is 2.15 bits per heavy atom. The van der Waals surface area contributed by atoms with E-state index in [1.54, 1.807) is 4.80 Å².